The first-order valence-corrected chi connectivity index (χ1v) is 7.65. The summed E-state index contributed by atoms with van der Waals surface area (Å²) >= 11 is 3.46. The Bertz CT molecular complexity index is 644. The molecule has 3 rings (SSSR count). The SMILES string of the molecule is CCCn1nncc1C(O)c1cc(Br)c2c(c1)OCCO2. The number of rotatable bonds is 4. The van der Waals surface area contributed by atoms with E-state index in [1.54, 1.807) is 16.9 Å². The van der Waals surface area contributed by atoms with E-state index >= 15 is 0 Å². The maximum Gasteiger partial charge on any atom is 0.175 e. The maximum atomic E-state index is 10.6. The molecule has 1 aliphatic heterocycles. The quantitative estimate of drug-likeness (QED) is 0.913. The van der Waals surface area contributed by atoms with Crippen LogP contribution in [0.1, 0.15) is 30.7 Å². The predicted octanol–water partition coefficient (Wildman–Crippen LogP) is 2.30. The van der Waals surface area contributed by atoms with Crippen molar-refractivity contribution < 1.29 is 14.6 Å². The van der Waals surface area contributed by atoms with Crippen molar-refractivity contribution in [2.75, 3.05) is 13.2 Å². The monoisotopic (exact) mass is 353 g/mol. The number of aromatic nitrogens is 3. The van der Waals surface area contributed by atoms with Crippen molar-refractivity contribution in [3.63, 3.8) is 0 Å². The van der Waals surface area contributed by atoms with Crippen LogP contribution in [0.15, 0.2) is 22.8 Å². The van der Waals surface area contributed by atoms with Crippen LogP contribution >= 0.6 is 15.9 Å². The van der Waals surface area contributed by atoms with Gasteiger partial charge in [-0.25, -0.2) is 4.68 Å². The summed E-state index contributed by atoms with van der Waals surface area (Å²) in [5, 5.41) is 18.5. The van der Waals surface area contributed by atoms with E-state index < -0.39 is 6.10 Å². The molecule has 0 saturated heterocycles. The molecule has 1 unspecified atom stereocenters. The molecule has 1 aromatic carbocycles. The minimum Gasteiger partial charge on any atom is -0.486 e. The first-order valence-electron chi connectivity index (χ1n) is 6.86. The molecule has 0 aliphatic carbocycles. The molecule has 2 aromatic rings. The van der Waals surface area contributed by atoms with Gasteiger partial charge in [-0.15, -0.1) is 5.10 Å². The lowest BCUT2D eigenvalue weighted by molar-refractivity contribution is 0.168. The first-order chi connectivity index (χ1) is 10.2. The third kappa shape index (κ3) is 2.75. The van der Waals surface area contributed by atoms with E-state index in [1.807, 2.05) is 6.07 Å². The number of aliphatic hydroxyl groups excluding tert-OH is 1. The molecule has 0 amide bonds. The van der Waals surface area contributed by atoms with Gasteiger partial charge in [-0.1, -0.05) is 12.1 Å². The second kappa shape index (κ2) is 6.03. The summed E-state index contributed by atoms with van der Waals surface area (Å²) in [6, 6.07) is 3.63. The van der Waals surface area contributed by atoms with Crippen LogP contribution in [0.25, 0.3) is 0 Å². The minimum atomic E-state index is -0.807. The number of fused-ring (bicyclic) bond motifs is 1. The molecule has 0 spiro atoms. The van der Waals surface area contributed by atoms with Gasteiger partial charge in [-0.05, 0) is 40.0 Å². The van der Waals surface area contributed by atoms with Gasteiger partial charge >= 0.3 is 0 Å². The number of ether oxygens (including phenoxy) is 2. The number of benzene rings is 1. The van der Waals surface area contributed by atoms with Gasteiger partial charge in [0.1, 0.15) is 19.3 Å². The minimum absolute atomic E-state index is 0.508. The van der Waals surface area contributed by atoms with Gasteiger partial charge in [0.05, 0.1) is 16.4 Å². The summed E-state index contributed by atoms with van der Waals surface area (Å²) in [5.41, 5.74) is 1.38. The van der Waals surface area contributed by atoms with Gasteiger partial charge < -0.3 is 14.6 Å². The van der Waals surface area contributed by atoms with E-state index in [0.717, 1.165) is 17.4 Å². The van der Waals surface area contributed by atoms with E-state index in [4.69, 9.17) is 9.47 Å². The Morgan fingerprint density at radius 3 is 3.00 bits per heavy atom. The Kier molecular flexibility index (Phi) is 4.12. The van der Waals surface area contributed by atoms with Crippen molar-refractivity contribution in [3.05, 3.63) is 34.1 Å². The number of halogens is 1. The summed E-state index contributed by atoms with van der Waals surface area (Å²) in [6.45, 7) is 3.81. The Morgan fingerprint density at radius 1 is 1.38 bits per heavy atom. The van der Waals surface area contributed by atoms with E-state index in [9.17, 15) is 5.11 Å². The van der Waals surface area contributed by atoms with Crippen LogP contribution in [0, 0.1) is 0 Å². The Morgan fingerprint density at radius 2 is 2.19 bits per heavy atom. The lowest BCUT2D eigenvalue weighted by atomic mass is 10.1. The standard InChI is InChI=1S/C14H16BrN3O3/c1-2-3-18-11(8-16-17-18)13(19)9-6-10(15)14-12(7-9)20-4-5-21-14/h6-8,13,19H,2-5H2,1H3. The van der Waals surface area contributed by atoms with Crippen LogP contribution in [0.4, 0.5) is 0 Å². The number of aryl methyl sites for hydroxylation is 1. The molecular formula is C14H16BrN3O3. The second-order valence-corrected chi connectivity index (χ2v) is 5.67. The van der Waals surface area contributed by atoms with Crippen molar-refractivity contribution >= 4 is 15.9 Å². The normalized spacial score (nSPS) is 15.0. The van der Waals surface area contributed by atoms with Crippen LogP contribution in [-0.2, 0) is 6.54 Å². The van der Waals surface area contributed by atoms with E-state index in [2.05, 4.69) is 33.2 Å². The Balaban J connectivity index is 1.96. The topological polar surface area (TPSA) is 69.4 Å². The zero-order valence-electron chi connectivity index (χ0n) is 11.6. The van der Waals surface area contributed by atoms with Gasteiger partial charge in [-0.3, -0.25) is 0 Å². The van der Waals surface area contributed by atoms with Crippen LogP contribution in [0.5, 0.6) is 11.5 Å². The molecule has 0 fully saturated rings. The lowest BCUT2D eigenvalue weighted by Crippen LogP contribution is -2.16. The maximum absolute atomic E-state index is 10.6. The molecule has 0 bridgehead atoms. The molecule has 1 aliphatic rings. The molecule has 21 heavy (non-hydrogen) atoms. The molecule has 112 valence electrons. The fourth-order valence-corrected chi connectivity index (χ4v) is 2.90. The molecule has 7 heteroatoms. The smallest absolute Gasteiger partial charge is 0.175 e. The highest BCUT2D eigenvalue weighted by Gasteiger charge is 2.22. The van der Waals surface area contributed by atoms with Crippen LogP contribution in [-0.4, -0.2) is 33.3 Å². The summed E-state index contributed by atoms with van der Waals surface area (Å²) in [5.74, 6) is 1.32. The average molecular weight is 354 g/mol. The Labute approximate surface area is 130 Å². The molecule has 1 aromatic heterocycles. The van der Waals surface area contributed by atoms with Gasteiger partial charge in [0, 0.05) is 6.54 Å². The molecule has 1 N–H and O–H groups in total. The van der Waals surface area contributed by atoms with Crippen LogP contribution in [0.2, 0.25) is 0 Å². The number of nitrogens with zero attached hydrogens (tertiary/aromatic N) is 3. The number of hydrogen-bond donors (Lipinski definition) is 1. The van der Waals surface area contributed by atoms with Crippen molar-refractivity contribution in [1.29, 1.82) is 0 Å². The third-order valence-electron chi connectivity index (χ3n) is 3.30. The third-order valence-corrected chi connectivity index (χ3v) is 3.89. The van der Waals surface area contributed by atoms with Gasteiger partial charge in [0.15, 0.2) is 11.5 Å². The van der Waals surface area contributed by atoms with Crippen molar-refractivity contribution in [3.8, 4) is 11.5 Å². The van der Waals surface area contributed by atoms with E-state index in [0.29, 0.717) is 36.0 Å². The summed E-state index contributed by atoms with van der Waals surface area (Å²) in [6.07, 6.45) is 1.71. The molecule has 0 saturated carbocycles. The van der Waals surface area contributed by atoms with Crippen molar-refractivity contribution in [2.45, 2.75) is 26.0 Å². The highest BCUT2D eigenvalue weighted by atomic mass is 79.9. The van der Waals surface area contributed by atoms with Crippen molar-refractivity contribution in [2.24, 2.45) is 0 Å². The van der Waals surface area contributed by atoms with Crippen molar-refractivity contribution in [1.82, 2.24) is 15.0 Å². The van der Waals surface area contributed by atoms with Crippen LogP contribution < -0.4 is 9.47 Å². The predicted molar refractivity (Wildman–Crippen MR) is 79.5 cm³/mol. The summed E-state index contributed by atoms with van der Waals surface area (Å²) in [4.78, 5) is 0. The average Bonchev–Trinajstić information content (AvgIpc) is 2.95. The zero-order valence-corrected chi connectivity index (χ0v) is 13.2. The summed E-state index contributed by atoms with van der Waals surface area (Å²) in [7, 11) is 0. The first kappa shape index (κ1) is 14.3. The van der Waals surface area contributed by atoms with E-state index in [-0.39, 0.29) is 0 Å². The van der Waals surface area contributed by atoms with Crippen LogP contribution in [0.3, 0.4) is 0 Å². The second-order valence-electron chi connectivity index (χ2n) is 4.81. The fraction of sp³-hybridized carbons (Fsp3) is 0.429. The van der Waals surface area contributed by atoms with Gasteiger partial charge in [0.2, 0.25) is 0 Å². The number of aliphatic hydroxyl groups is 1. The largest absolute Gasteiger partial charge is 0.486 e. The van der Waals surface area contributed by atoms with E-state index in [1.165, 1.54) is 0 Å². The van der Waals surface area contributed by atoms with Gasteiger partial charge in [-0.2, -0.15) is 0 Å². The lowest BCUT2D eigenvalue weighted by Gasteiger charge is -2.21. The Hall–Kier alpha value is -1.60. The zero-order chi connectivity index (χ0) is 14.8. The van der Waals surface area contributed by atoms with Gasteiger partial charge in [0.25, 0.3) is 0 Å². The molecule has 1 atom stereocenters. The molecule has 0 radical (unpaired) electrons. The molecule has 6 nitrogen and oxygen atoms in total. The summed E-state index contributed by atoms with van der Waals surface area (Å²) < 4.78 is 13.6. The molecular weight excluding hydrogens is 338 g/mol. The highest BCUT2D eigenvalue weighted by molar-refractivity contribution is 9.10. The highest BCUT2D eigenvalue weighted by Crippen LogP contribution is 2.40. The number of hydrogen-bond acceptors (Lipinski definition) is 5. The fourth-order valence-electron chi connectivity index (χ4n) is 2.32. The molecule has 2 heterocycles.